The van der Waals surface area contributed by atoms with Crippen LogP contribution in [0.5, 0.6) is 0 Å². The van der Waals surface area contributed by atoms with Gasteiger partial charge in [-0.25, -0.2) is 9.78 Å². The molecule has 2 aromatic heterocycles. The maximum absolute atomic E-state index is 13.8. The van der Waals surface area contributed by atoms with E-state index >= 15 is 0 Å². The number of hydrogen-bond donors (Lipinski definition) is 0. The largest absolute Gasteiger partial charge is 0.446 e. The molecule has 1 aromatic carbocycles. The van der Waals surface area contributed by atoms with Gasteiger partial charge in [-0.1, -0.05) is 12.0 Å². The number of aryl methyl sites for hydroxylation is 1. The molecule has 0 aliphatic carbocycles. The minimum Gasteiger partial charge on any atom is -0.446 e. The topological polar surface area (TPSA) is 102 Å². The summed E-state index contributed by atoms with van der Waals surface area (Å²) < 4.78 is 93.8. The van der Waals surface area contributed by atoms with Crippen molar-refractivity contribution < 1.29 is 40.6 Å². The molecule has 0 radical (unpaired) electrons. The molecule has 1 amide bonds. The summed E-state index contributed by atoms with van der Waals surface area (Å²) in [7, 11) is 1.49. The van der Waals surface area contributed by atoms with Gasteiger partial charge in [0, 0.05) is 25.7 Å². The average molecular weight is 657 g/mol. The fourth-order valence-electron chi connectivity index (χ4n) is 5.69. The number of carbonyl (C=O) groups is 1. The molecule has 5 rings (SSSR count). The summed E-state index contributed by atoms with van der Waals surface area (Å²) in [6.45, 7) is 6.90. The molecule has 2 aliphatic rings. The number of rotatable bonds is 7. The van der Waals surface area contributed by atoms with Gasteiger partial charge in [0.25, 0.3) is 5.95 Å². The molecule has 0 bridgehead atoms. The number of morpholine rings is 1. The van der Waals surface area contributed by atoms with Crippen molar-refractivity contribution in [3.05, 3.63) is 52.7 Å². The minimum absolute atomic E-state index is 0.0314. The predicted octanol–water partition coefficient (Wildman–Crippen LogP) is 5.76. The molecule has 17 heteroatoms. The van der Waals surface area contributed by atoms with Gasteiger partial charge in [-0.2, -0.15) is 31.1 Å². The molecular formula is C29H34F6N8O3. The molecule has 2 atom stereocenters. The molecule has 46 heavy (non-hydrogen) atoms. The van der Waals surface area contributed by atoms with Crippen LogP contribution >= 0.6 is 0 Å². The number of amides is 1. The number of aromatic nitrogens is 5. The van der Waals surface area contributed by atoms with Crippen molar-refractivity contribution in [3.8, 4) is 0 Å². The minimum atomic E-state index is -5.03. The summed E-state index contributed by atoms with van der Waals surface area (Å²) in [5.74, 6) is 0.542. The number of carbonyl (C=O) groups excluding carboxylic acids is 1. The Bertz CT molecular complexity index is 1510. The van der Waals surface area contributed by atoms with Crippen molar-refractivity contribution in [2.24, 2.45) is 7.05 Å². The Hall–Kier alpha value is -4.15. The molecule has 4 heterocycles. The van der Waals surface area contributed by atoms with E-state index in [0.717, 1.165) is 4.80 Å². The Morgan fingerprint density at radius 3 is 2.26 bits per heavy atom. The number of benzene rings is 1. The molecule has 2 aliphatic heterocycles. The number of tetrazole rings is 1. The van der Waals surface area contributed by atoms with Crippen LogP contribution < -0.4 is 14.7 Å². The van der Waals surface area contributed by atoms with Crippen LogP contribution in [0.25, 0.3) is 0 Å². The van der Waals surface area contributed by atoms with Gasteiger partial charge in [0.2, 0.25) is 0 Å². The lowest BCUT2D eigenvalue weighted by atomic mass is 9.91. The third-order valence-corrected chi connectivity index (χ3v) is 7.79. The fraction of sp³-hybridized carbons (Fsp3) is 0.552. The Labute approximate surface area is 261 Å². The van der Waals surface area contributed by atoms with E-state index in [4.69, 9.17) is 14.5 Å². The van der Waals surface area contributed by atoms with E-state index in [0.29, 0.717) is 62.1 Å². The standard InChI is InChI=1S/C29H34F6N8O3/c1-5-21-15-23(25-22(43(21)27(44)46-17(2)3)6-7-24(36-25)41-8-10-45-11-9-41)42(26-37-39-40(4)38-26)16-18-12-19(28(30,31)32)14-20(13-18)29(33,34)35/h6-7,12-14,17,21,23H,5,8-11,15-16H2,1-4H3/t21-,23+/m1/s1. The van der Waals surface area contributed by atoms with Gasteiger partial charge < -0.3 is 19.3 Å². The first-order valence-electron chi connectivity index (χ1n) is 14.8. The first kappa shape index (κ1) is 33.2. The molecule has 0 N–H and O–H groups in total. The number of hydrogen-bond acceptors (Lipinski definition) is 9. The van der Waals surface area contributed by atoms with Crippen molar-refractivity contribution in [1.29, 1.82) is 0 Å². The Morgan fingerprint density at radius 2 is 1.72 bits per heavy atom. The van der Waals surface area contributed by atoms with E-state index in [1.165, 1.54) is 16.8 Å². The molecule has 0 unspecified atom stereocenters. The van der Waals surface area contributed by atoms with Crippen LogP contribution in [0.15, 0.2) is 30.3 Å². The summed E-state index contributed by atoms with van der Waals surface area (Å²) in [6, 6.07) is 3.71. The summed E-state index contributed by atoms with van der Waals surface area (Å²) >= 11 is 0. The van der Waals surface area contributed by atoms with Gasteiger partial charge in [-0.15, -0.1) is 5.10 Å². The van der Waals surface area contributed by atoms with E-state index < -0.39 is 54.3 Å². The van der Waals surface area contributed by atoms with Crippen molar-refractivity contribution in [2.75, 3.05) is 41.0 Å². The number of pyridine rings is 1. The van der Waals surface area contributed by atoms with E-state index in [2.05, 4.69) is 15.4 Å². The number of alkyl halides is 6. The zero-order valence-electron chi connectivity index (χ0n) is 25.6. The number of fused-ring (bicyclic) bond motifs is 1. The highest BCUT2D eigenvalue weighted by Crippen LogP contribution is 2.44. The fourth-order valence-corrected chi connectivity index (χ4v) is 5.69. The normalized spacial score (nSPS) is 18.9. The zero-order valence-corrected chi connectivity index (χ0v) is 25.6. The van der Waals surface area contributed by atoms with Crippen LogP contribution in [0.1, 0.15) is 62.0 Å². The molecule has 0 saturated carbocycles. The third-order valence-electron chi connectivity index (χ3n) is 7.79. The Morgan fingerprint density at radius 1 is 1.07 bits per heavy atom. The maximum Gasteiger partial charge on any atom is 0.416 e. The Kier molecular flexibility index (Phi) is 9.33. The molecule has 1 saturated heterocycles. The number of nitrogens with zero attached hydrogens (tertiary/aromatic N) is 8. The van der Waals surface area contributed by atoms with E-state index in [-0.39, 0.29) is 24.0 Å². The van der Waals surface area contributed by atoms with Crippen LogP contribution in [0.2, 0.25) is 0 Å². The average Bonchev–Trinajstić information content (AvgIpc) is 3.43. The summed E-state index contributed by atoms with van der Waals surface area (Å²) in [6.07, 6.45) is -10.4. The lowest BCUT2D eigenvalue weighted by molar-refractivity contribution is -0.143. The molecule has 250 valence electrons. The van der Waals surface area contributed by atoms with E-state index in [1.54, 1.807) is 26.0 Å². The van der Waals surface area contributed by atoms with Crippen molar-refractivity contribution in [1.82, 2.24) is 25.2 Å². The van der Waals surface area contributed by atoms with Gasteiger partial charge in [0.1, 0.15) is 5.82 Å². The quantitative estimate of drug-likeness (QED) is 0.294. The zero-order chi connectivity index (χ0) is 33.4. The number of ether oxygens (including phenoxy) is 2. The number of anilines is 3. The summed E-state index contributed by atoms with van der Waals surface area (Å²) in [5.41, 5.74) is -2.37. The van der Waals surface area contributed by atoms with Crippen molar-refractivity contribution in [2.45, 2.75) is 70.7 Å². The molecule has 11 nitrogen and oxygen atoms in total. The van der Waals surface area contributed by atoms with Gasteiger partial charge in [0.15, 0.2) is 0 Å². The molecule has 3 aromatic rings. The second kappa shape index (κ2) is 12.9. The van der Waals surface area contributed by atoms with Gasteiger partial charge in [-0.05, 0) is 67.8 Å². The second-order valence-electron chi connectivity index (χ2n) is 11.4. The highest BCUT2D eigenvalue weighted by Gasteiger charge is 2.42. The van der Waals surface area contributed by atoms with Crippen LogP contribution in [-0.2, 0) is 35.4 Å². The highest BCUT2D eigenvalue weighted by molar-refractivity contribution is 5.90. The lowest BCUT2D eigenvalue weighted by Crippen LogP contribution is -2.49. The second-order valence-corrected chi connectivity index (χ2v) is 11.4. The van der Waals surface area contributed by atoms with Crippen LogP contribution in [0.3, 0.4) is 0 Å². The first-order chi connectivity index (χ1) is 21.7. The SMILES string of the molecule is CC[C@@H]1C[C@H](N(Cc2cc(C(F)(F)F)cc(C(F)(F)F)c2)c2nnn(C)n2)c2nc(N3CCOCC3)ccc2N1C(=O)OC(C)C. The number of halogens is 6. The predicted molar refractivity (Wildman–Crippen MR) is 154 cm³/mol. The van der Waals surface area contributed by atoms with Crippen LogP contribution in [0, 0.1) is 0 Å². The van der Waals surface area contributed by atoms with Gasteiger partial charge >= 0.3 is 18.4 Å². The summed E-state index contributed by atoms with van der Waals surface area (Å²) in [5, 5.41) is 12.2. The summed E-state index contributed by atoms with van der Waals surface area (Å²) in [4.78, 5) is 24.5. The van der Waals surface area contributed by atoms with Crippen molar-refractivity contribution >= 4 is 23.5 Å². The van der Waals surface area contributed by atoms with E-state index in [1.807, 2.05) is 11.8 Å². The Balaban J connectivity index is 1.67. The van der Waals surface area contributed by atoms with E-state index in [9.17, 15) is 31.1 Å². The monoisotopic (exact) mass is 656 g/mol. The van der Waals surface area contributed by atoms with Gasteiger partial charge in [-0.3, -0.25) is 4.90 Å². The molecule has 0 spiro atoms. The van der Waals surface area contributed by atoms with Crippen LogP contribution in [-0.4, -0.2) is 69.7 Å². The molecular weight excluding hydrogens is 622 g/mol. The van der Waals surface area contributed by atoms with Crippen molar-refractivity contribution in [3.63, 3.8) is 0 Å². The maximum atomic E-state index is 13.8. The first-order valence-corrected chi connectivity index (χ1v) is 14.8. The third kappa shape index (κ3) is 7.13. The molecule has 1 fully saturated rings. The smallest absolute Gasteiger partial charge is 0.416 e. The van der Waals surface area contributed by atoms with Gasteiger partial charge in [0.05, 0.1) is 54.9 Å². The lowest BCUT2D eigenvalue weighted by Gasteiger charge is -2.43. The highest BCUT2D eigenvalue weighted by atomic mass is 19.4. The van der Waals surface area contributed by atoms with Crippen LogP contribution in [0.4, 0.5) is 48.6 Å².